The van der Waals surface area contributed by atoms with Gasteiger partial charge >= 0.3 is 0 Å². The highest BCUT2D eigenvalue weighted by atomic mass is 35.5. The van der Waals surface area contributed by atoms with Crippen molar-refractivity contribution in [1.29, 1.82) is 0 Å². The van der Waals surface area contributed by atoms with Crippen LogP contribution in [0.4, 0.5) is 0 Å². The van der Waals surface area contributed by atoms with Gasteiger partial charge in [0.1, 0.15) is 12.4 Å². The summed E-state index contributed by atoms with van der Waals surface area (Å²) in [5.74, 6) is 1.16. The summed E-state index contributed by atoms with van der Waals surface area (Å²) in [7, 11) is 0. The van der Waals surface area contributed by atoms with E-state index in [0.717, 1.165) is 12.8 Å². The smallest absolute Gasteiger partial charge is 0.173 e. The first kappa shape index (κ1) is 12.4. The monoisotopic (exact) mass is 252 g/mol. The average Bonchev–Trinajstić information content (AvgIpc) is 2.39. The van der Waals surface area contributed by atoms with E-state index in [0.29, 0.717) is 10.8 Å². The summed E-state index contributed by atoms with van der Waals surface area (Å²) in [6.07, 6.45) is 5.68. The molecule has 0 radical (unpaired) electrons. The second-order valence-electron chi connectivity index (χ2n) is 4.54. The van der Waals surface area contributed by atoms with Crippen LogP contribution in [0.15, 0.2) is 24.3 Å². The molecule has 0 aromatic heterocycles. The van der Waals surface area contributed by atoms with E-state index < -0.39 is 0 Å². The van der Waals surface area contributed by atoms with Crippen LogP contribution in [0.3, 0.4) is 0 Å². The van der Waals surface area contributed by atoms with E-state index in [2.05, 4.69) is 0 Å². The van der Waals surface area contributed by atoms with Crippen molar-refractivity contribution in [1.82, 2.24) is 0 Å². The summed E-state index contributed by atoms with van der Waals surface area (Å²) in [6.45, 7) is 0.187. The van der Waals surface area contributed by atoms with Gasteiger partial charge in [0.15, 0.2) is 5.78 Å². The van der Waals surface area contributed by atoms with E-state index in [1.165, 1.54) is 19.3 Å². The van der Waals surface area contributed by atoms with Gasteiger partial charge in [-0.2, -0.15) is 0 Å². The van der Waals surface area contributed by atoms with Crippen molar-refractivity contribution in [2.75, 3.05) is 6.61 Å². The molecule has 0 heterocycles. The van der Waals surface area contributed by atoms with Crippen molar-refractivity contribution in [3.05, 3.63) is 29.3 Å². The fraction of sp³-hybridized carbons (Fsp3) is 0.500. The zero-order valence-corrected chi connectivity index (χ0v) is 10.6. The minimum absolute atomic E-state index is 0.187. The molecule has 0 saturated heterocycles. The number of carbonyl (C=O) groups is 1. The van der Waals surface area contributed by atoms with E-state index >= 15 is 0 Å². The van der Waals surface area contributed by atoms with Gasteiger partial charge in [-0.1, -0.05) is 30.9 Å². The number of carbonyl (C=O) groups excluding carboxylic acids is 1. The van der Waals surface area contributed by atoms with Crippen LogP contribution in [0, 0.1) is 5.92 Å². The molecule has 0 N–H and O–H groups in total. The van der Waals surface area contributed by atoms with E-state index in [4.69, 9.17) is 16.3 Å². The lowest BCUT2D eigenvalue weighted by Crippen LogP contribution is -2.23. The molecule has 1 aromatic rings. The Labute approximate surface area is 107 Å². The lowest BCUT2D eigenvalue weighted by Gasteiger charge is -2.20. The van der Waals surface area contributed by atoms with Crippen molar-refractivity contribution < 1.29 is 9.53 Å². The minimum Gasteiger partial charge on any atom is -0.486 e. The van der Waals surface area contributed by atoms with Crippen LogP contribution in [0.2, 0.25) is 5.02 Å². The topological polar surface area (TPSA) is 26.3 Å². The molecular weight excluding hydrogens is 236 g/mol. The Morgan fingerprint density at radius 1 is 1.18 bits per heavy atom. The number of rotatable bonds is 4. The zero-order valence-electron chi connectivity index (χ0n) is 9.82. The first-order valence-electron chi connectivity index (χ1n) is 6.17. The van der Waals surface area contributed by atoms with Crippen molar-refractivity contribution >= 4 is 17.4 Å². The van der Waals surface area contributed by atoms with E-state index in [9.17, 15) is 4.79 Å². The average molecular weight is 253 g/mol. The van der Waals surface area contributed by atoms with E-state index in [1.54, 1.807) is 24.3 Å². The molecule has 92 valence electrons. The maximum Gasteiger partial charge on any atom is 0.173 e. The number of hydrogen-bond acceptors (Lipinski definition) is 2. The molecule has 2 nitrogen and oxygen atoms in total. The third-order valence-corrected chi connectivity index (χ3v) is 3.51. The first-order valence-corrected chi connectivity index (χ1v) is 6.54. The molecule has 1 saturated carbocycles. The summed E-state index contributed by atoms with van der Waals surface area (Å²) in [5, 5.41) is 0.677. The van der Waals surface area contributed by atoms with Gasteiger partial charge in [0.05, 0.1) is 0 Å². The lowest BCUT2D eigenvalue weighted by atomic mass is 9.86. The Hall–Kier alpha value is -1.02. The van der Waals surface area contributed by atoms with E-state index in [1.807, 2.05) is 0 Å². The third kappa shape index (κ3) is 3.74. The van der Waals surface area contributed by atoms with Crippen LogP contribution in [0.5, 0.6) is 5.75 Å². The molecule has 1 aromatic carbocycles. The molecule has 1 aliphatic carbocycles. The van der Waals surface area contributed by atoms with Gasteiger partial charge in [-0.25, -0.2) is 0 Å². The molecule has 0 bridgehead atoms. The Bertz CT molecular complexity index is 366. The third-order valence-electron chi connectivity index (χ3n) is 3.26. The second-order valence-corrected chi connectivity index (χ2v) is 4.98. The van der Waals surface area contributed by atoms with Crippen molar-refractivity contribution in [2.24, 2.45) is 5.92 Å². The Morgan fingerprint density at radius 3 is 2.47 bits per heavy atom. The SMILES string of the molecule is O=C(COc1ccc(Cl)cc1)C1CCCCC1. The van der Waals surface area contributed by atoms with Gasteiger partial charge < -0.3 is 4.74 Å². The highest BCUT2D eigenvalue weighted by Gasteiger charge is 2.21. The molecule has 0 amide bonds. The maximum absolute atomic E-state index is 11.9. The highest BCUT2D eigenvalue weighted by Crippen LogP contribution is 2.24. The fourth-order valence-electron chi connectivity index (χ4n) is 2.23. The molecular formula is C14H17ClO2. The van der Waals surface area contributed by atoms with Crippen LogP contribution < -0.4 is 4.74 Å². The molecule has 0 aliphatic heterocycles. The van der Waals surface area contributed by atoms with Gasteiger partial charge in [0, 0.05) is 10.9 Å². The van der Waals surface area contributed by atoms with Crippen LogP contribution in [-0.2, 0) is 4.79 Å². The fourth-order valence-corrected chi connectivity index (χ4v) is 2.35. The molecule has 0 unspecified atom stereocenters. The summed E-state index contributed by atoms with van der Waals surface area (Å²) in [4.78, 5) is 11.9. The predicted octanol–water partition coefficient (Wildman–Crippen LogP) is 3.87. The van der Waals surface area contributed by atoms with Crippen molar-refractivity contribution in [3.63, 3.8) is 0 Å². The maximum atomic E-state index is 11.9. The highest BCUT2D eigenvalue weighted by molar-refractivity contribution is 6.30. The predicted molar refractivity (Wildman–Crippen MR) is 68.5 cm³/mol. The van der Waals surface area contributed by atoms with Crippen LogP contribution in [-0.4, -0.2) is 12.4 Å². The number of halogens is 1. The molecule has 0 spiro atoms. The van der Waals surface area contributed by atoms with Crippen molar-refractivity contribution in [3.8, 4) is 5.75 Å². The number of benzene rings is 1. The quantitative estimate of drug-likeness (QED) is 0.813. The number of ether oxygens (including phenoxy) is 1. The summed E-state index contributed by atoms with van der Waals surface area (Å²) >= 11 is 5.77. The standard InChI is InChI=1S/C14H17ClO2/c15-12-6-8-13(9-7-12)17-10-14(16)11-4-2-1-3-5-11/h6-9,11H,1-5,10H2. The molecule has 1 aliphatic rings. The van der Waals surface area contributed by atoms with Crippen LogP contribution in [0.25, 0.3) is 0 Å². The van der Waals surface area contributed by atoms with Gasteiger partial charge in [0.2, 0.25) is 0 Å². The van der Waals surface area contributed by atoms with Gasteiger partial charge in [0.25, 0.3) is 0 Å². The Balaban J connectivity index is 1.81. The largest absolute Gasteiger partial charge is 0.486 e. The first-order chi connectivity index (χ1) is 8.25. The number of ketones is 1. The minimum atomic E-state index is 0.187. The Kier molecular flexibility index (Phi) is 4.43. The summed E-state index contributed by atoms with van der Waals surface area (Å²) < 4.78 is 5.47. The van der Waals surface area contributed by atoms with Crippen LogP contribution >= 0.6 is 11.6 Å². The van der Waals surface area contributed by atoms with Gasteiger partial charge in [-0.3, -0.25) is 4.79 Å². The number of Topliss-reactive ketones (excluding diaryl/α,β-unsaturated/α-hetero) is 1. The van der Waals surface area contributed by atoms with Crippen molar-refractivity contribution in [2.45, 2.75) is 32.1 Å². The summed E-state index contributed by atoms with van der Waals surface area (Å²) in [5.41, 5.74) is 0. The van der Waals surface area contributed by atoms with Crippen LogP contribution in [0.1, 0.15) is 32.1 Å². The van der Waals surface area contributed by atoms with Gasteiger partial charge in [-0.05, 0) is 37.1 Å². The molecule has 1 fully saturated rings. The summed E-state index contributed by atoms with van der Waals surface area (Å²) in [6, 6.07) is 7.11. The lowest BCUT2D eigenvalue weighted by molar-refractivity contribution is -0.125. The molecule has 2 rings (SSSR count). The zero-order chi connectivity index (χ0) is 12.1. The number of hydrogen-bond donors (Lipinski definition) is 0. The van der Waals surface area contributed by atoms with E-state index in [-0.39, 0.29) is 18.3 Å². The normalized spacial score (nSPS) is 16.8. The molecule has 0 atom stereocenters. The molecule has 3 heteroatoms. The Morgan fingerprint density at radius 2 is 1.82 bits per heavy atom. The molecule has 17 heavy (non-hydrogen) atoms. The second kappa shape index (κ2) is 6.06. The van der Waals surface area contributed by atoms with Gasteiger partial charge in [-0.15, -0.1) is 0 Å².